The SMILES string of the molecule is CCC(=NCc1ccc(OC)cc1)N(C)C. The van der Waals surface area contributed by atoms with Gasteiger partial charge < -0.3 is 9.64 Å². The molecule has 0 unspecified atom stereocenters. The molecule has 88 valence electrons. The van der Waals surface area contributed by atoms with Crippen molar-refractivity contribution >= 4 is 5.84 Å². The van der Waals surface area contributed by atoms with Crippen LogP contribution in [-0.4, -0.2) is 31.9 Å². The van der Waals surface area contributed by atoms with Crippen LogP contribution in [0.2, 0.25) is 0 Å². The number of aliphatic imine (C=N–C) groups is 1. The molecule has 0 bridgehead atoms. The van der Waals surface area contributed by atoms with Gasteiger partial charge >= 0.3 is 0 Å². The molecular weight excluding hydrogens is 200 g/mol. The van der Waals surface area contributed by atoms with Gasteiger partial charge in [-0.1, -0.05) is 19.1 Å². The molecule has 0 saturated heterocycles. The highest BCUT2D eigenvalue weighted by Gasteiger charge is 1.98. The van der Waals surface area contributed by atoms with Gasteiger partial charge in [0.2, 0.25) is 0 Å². The summed E-state index contributed by atoms with van der Waals surface area (Å²) in [6.45, 7) is 2.85. The van der Waals surface area contributed by atoms with Crippen LogP contribution in [0.15, 0.2) is 29.3 Å². The summed E-state index contributed by atoms with van der Waals surface area (Å²) in [6, 6.07) is 8.02. The summed E-state index contributed by atoms with van der Waals surface area (Å²) in [4.78, 5) is 6.63. The summed E-state index contributed by atoms with van der Waals surface area (Å²) in [7, 11) is 5.72. The van der Waals surface area contributed by atoms with E-state index in [1.165, 1.54) is 5.56 Å². The molecule has 0 saturated carbocycles. The maximum atomic E-state index is 5.11. The molecule has 0 heterocycles. The minimum atomic E-state index is 0.728. The number of methoxy groups -OCH3 is 1. The van der Waals surface area contributed by atoms with E-state index in [9.17, 15) is 0 Å². The van der Waals surface area contributed by atoms with Gasteiger partial charge in [0.1, 0.15) is 5.75 Å². The van der Waals surface area contributed by atoms with Crippen LogP contribution in [-0.2, 0) is 6.54 Å². The van der Waals surface area contributed by atoms with E-state index in [1.54, 1.807) is 7.11 Å². The number of nitrogens with zero attached hydrogens (tertiary/aromatic N) is 2. The second-order valence-electron chi connectivity index (χ2n) is 3.83. The van der Waals surface area contributed by atoms with Crippen molar-refractivity contribution in [2.75, 3.05) is 21.2 Å². The Hall–Kier alpha value is -1.51. The molecule has 1 aromatic carbocycles. The molecule has 16 heavy (non-hydrogen) atoms. The number of rotatable bonds is 4. The number of hydrogen-bond acceptors (Lipinski definition) is 2. The van der Waals surface area contributed by atoms with E-state index in [-0.39, 0.29) is 0 Å². The smallest absolute Gasteiger partial charge is 0.118 e. The Morgan fingerprint density at radius 1 is 1.25 bits per heavy atom. The first-order valence-corrected chi connectivity index (χ1v) is 5.51. The molecule has 0 radical (unpaired) electrons. The third kappa shape index (κ3) is 3.57. The Kier molecular flexibility index (Phi) is 4.83. The van der Waals surface area contributed by atoms with E-state index < -0.39 is 0 Å². The molecule has 0 amide bonds. The highest BCUT2D eigenvalue weighted by atomic mass is 16.5. The third-order valence-electron chi connectivity index (χ3n) is 2.44. The van der Waals surface area contributed by atoms with Crippen LogP contribution in [0, 0.1) is 0 Å². The number of ether oxygens (including phenoxy) is 1. The predicted molar refractivity (Wildman–Crippen MR) is 68.1 cm³/mol. The molecule has 3 heteroatoms. The molecule has 0 aliphatic rings. The van der Waals surface area contributed by atoms with E-state index in [2.05, 4.69) is 16.8 Å². The zero-order valence-corrected chi connectivity index (χ0v) is 10.5. The summed E-state index contributed by atoms with van der Waals surface area (Å²) < 4.78 is 5.11. The molecule has 0 fully saturated rings. The predicted octanol–water partition coefficient (Wildman–Crippen LogP) is 2.57. The number of amidine groups is 1. The minimum Gasteiger partial charge on any atom is -0.497 e. The number of benzene rings is 1. The van der Waals surface area contributed by atoms with Crippen LogP contribution in [0.4, 0.5) is 0 Å². The van der Waals surface area contributed by atoms with Crippen molar-refractivity contribution in [3.63, 3.8) is 0 Å². The molecular formula is C13H20N2O. The standard InChI is InChI=1S/C13H20N2O/c1-5-13(15(2)3)14-10-11-6-8-12(16-4)9-7-11/h6-9H,5,10H2,1-4H3. The lowest BCUT2D eigenvalue weighted by Crippen LogP contribution is -2.21. The first-order chi connectivity index (χ1) is 7.67. The van der Waals surface area contributed by atoms with Crippen molar-refractivity contribution in [2.45, 2.75) is 19.9 Å². The molecule has 3 nitrogen and oxygen atoms in total. The van der Waals surface area contributed by atoms with Gasteiger partial charge in [0.05, 0.1) is 19.5 Å². The highest BCUT2D eigenvalue weighted by molar-refractivity contribution is 5.81. The van der Waals surface area contributed by atoms with Crippen molar-refractivity contribution in [1.82, 2.24) is 4.90 Å². The van der Waals surface area contributed by atoms with Crippen LogP contribution < -0.4 is 4.74 Å². The summed E-state index contributed by atoms with van der Waals surface area (Å²) >= 11 is 0. The fourth-order valence-corrected chi connectivity index (χ4v) is 1.48. The lowest BCUT2D eigenvalue weighted by Gasteiger charge is -2.13. The van der Waals surface area contributed by atoms with Gasteiger partial charge in [-0.3, -0.25) is 4.99 Å². The van der Waals surface area contributed by atoms with Gasteiger partial charge in [-0.2, -0.15) is 0 Å². The van der Waals surface area contributed by atoms with Gasteiger partial charge in [-0.25, -0.2) is 0 Å². The van der Waals surface area contributed by atoms with Crippen molar-refractivity contribution < 1.29 is 4.74 Å². The second kappa shape index (κ2) is 6.16. The van der Waals surface area contributed by atoms with Gasteiger partial charge in [0.15, 0.2) is 0 Å². The Balaban J connectivity index is 2.66. The van der Waals surface area contributed by atoms with Gasteiger partial charge in [0, 0.05) is 20.5 Å². The fourth-order valence-electron chi connectivity index (χ4n) is 1.48. The first-order valence-electron chi connectivity index (χ1n) is 5.51. The molecule has 1 rings (SSSR count). The van der Waals surface area contributed by atoms with Gasteiger partial charge in [0.25, 0.3) is 0 Å². The molecule has 0 aliphatic carbocycles. The van der Waals surface area contributed by atoms with Crippen LogP contribution in [0.5, 0.6) is 5.75 Å². The van der Waals surface area contributed by atoms with Gasteiger partial charge in [-0.05, 0) is 17.7 Å². The Morgan fingerprint density at radius 3 is 2.31 bits per heavy atom. The van der Waals surface area contributed by atoms with Crippen LogP contribution in [0.3, 0.4) is 0 Å². The summed E-state index contributed by atoms with van der Waals surface area (Å²) in [6.07, 6.45) is 0.961. The summed E-state index contributed by atoms with van der Waals surface area (Å²) in [5.41, 5.74) is 1.20. The Labute approximate surface area is 97.8 Å². The van der Waals surface area contributed by atoms with E-state index >= 15 is 0 Å². The zero-order valence-electron chi connectivity index (χ0n) is 10.5. The average molecular weight is 220 g/mol. The van der Waals surface area contributed by atoms with E-state index in [1.807, 2.05) is 38.4 Å². The van der Waals surface area contributed by atoms with Crippen LogP contribution >= 0.6 is 0 Å². The average Bonchev–Trinajstić information content (AvgIpc) is 2.30. The van der Waals surface area contributed by atoms with Crippen LogP contribution in [0.25, 0.3) is 0 Å². The zero-order chi connectivity index (χ0) is 12.0. The highest BCUT2D eigenvalue weighted by Crippen LogP contribution is 2.12. The van der Waals surface area contributed by atoms with E-state index in [0.717, 1.165) is 24.6 Å². The second-order valence-corrected chi connectivity index (χ2v) is 3.83. The summed E-state index contributed by atoms with van der Waals surface area (Å²) in [5.74, 6) is 2.01. The molecule has 1 aromatic rings. The molecule has 0 aromatic heterocycles. The topological polar surface area (TPSA) is 24.8 Å². The Morgan fingerprint density at radius 2 is 1.88 bits per heavy atom. The van der Waals surface area contributed by atoms with Crippen LogP contribution in [0.1, 0.15) is 18.9 Å². The minimum absolute atomic E-state index is 0.728. The lowest BCUT2D eigenvalue weighted by molar-refractivity contribution is 0.414. The largest absolute Gasteiger partial charge is 0.497 e. The molecule has 0 aliphatic heterocycles. The quantitative estimate of drug-likeness (QED) is 0.575. The van der Waals surface area contributed by atoms with Gasteiger partial charge in [-0.15, -0.1) is 0 Å². The lowest BCUT2D eigenvalue weighted by atomic mass is 10.2. The molecule has 0 N–H and O–H groups in total. The molecule has 0 spiro atoms. The van der Waals surface area contributed by atoms with Crippen molar-refractivity contribution in [3.8, 4) is 5.75 Å². The Bertz CT molecular complexity index is 341. The van der Waals surface area contributed by atoms with Crippen molar-refractivity contribution in [1.29, 1.82) is 0 Å². The molecule has 0 atom stereocenters. The normalized spacial score (nSPS) is 11.4. The fraction of sp³-hybridized carbons (Fsp3) is 0.462. The maximum absolute atomic E-state index is 5.11. The van der Waals surface area contributed by atoms with Crippen molar-refractivity contribution in [3.05, 3.63) is 29.8 Å². The van der Waals surface area contributed by atoms with E-state index in [4.69, 9.17) is 4.74 Å². The summed E-state index contributed by atoms with van der Waals surface area (Å²) in [5, 5.41) is 0. The monoisotopic (exact) mass is 220 g/mol. The third-order valence-corrected chi connectivity index (χ3v) is 2.44. The maximum Gasteiger partial charge on any atom is 0.118 e. The van der Waals surface area contributed by atoms with E-state index in [0.29, 0.717) is 0 Å². The first kappa shape index (κ1) is 12.6. The van der Waals surface area contributed by atoms with Crippen molar-refractivity contribution in [2.24, 2.45) is 4.99 Å². The number of hydrogen-bond donors (Lipinski definition) is 0.